The van der Waals surface area contributed by atoms with Crippen molar-refractivity contribution in [3.8, 4) is 0 Å². The smallest absolute Gasteiger partial charge is 0.411 e. The molecule has 1 amide bonds. The monoisotopic (exact) mass is 333 g/mol. The Bertz CT molecular complexity index is 577. The molecule has 7 heteroatoms. The molecule has 0 fully saturated rings. The van der Waals surface area contributed by atoms with E-state index in [4.69, 9.17) is 16.3 Å². The number of anilines is 1. The van der Waals surface area contributed by atoms with E-state index in [1.54, 1.807) is 0 Å². The van der Waals surface area contributed by atoms with E-state index in [2.05, 4.69) is 5.32 Å². The van der Waals surface area contributed by atoms with Crippen LogP contribution in [0.3, 0.4) is 0 Å². The van der Waals surface area contributed by atoms with Gasteiger partial charge in [-0.3, -0.25) is 10.1 Å². The lowest BCUT2D eigenvalue weighted by atomic mass is 9.99. The number of carbonyl (C=O) groups is 2. The van der Waals surface area contributed by atoms with E-state index in [9.17, 15) is 18.4 Å². The lowest BCUT2D eigenvalue weighted by molar-refractivity contribution is 0.0222. The molecule has 1 rings (SSSR count). The van der Waals surface area contributed by atoms with Gasteiger partial charge in [-0.2, -0.15) is 8.78 Å². The fourth-order valence-electron chi connectivity index (χ4n) is 1.48. The summed E-state index contributed by atoms with van der Waals surface area (Å²) >= 11 is 5.73. The van der Waals surface area contributed by atoms with Gasteiger partial charge < -0.3 is 4.74 Å². The van der Waals surface area contributed by atoms with Crippen LogP contribution >= 0.6 is 11.6 Å². The number of rotatable bonds is 4. The molecule has 1 aromatic rings. The van der Waals surface area contributed by atoms with Crippen molar-refractivity contribution in [2.24, 2.45) is 5.41 Å². The van der Waals surface area contributed by atoms with Crippen LogP contribution in [-0.2, 0) is 4.74 Å². The molecular formula is C15H18ClF2NO3. The van der Waals surface area contributed by atoms with Gasteiger partial charge >= 0.3 is 12.0 Å². The van der Waals surface area contributed by atoms with Crippen molar-refractivity contribution < 1.29 is 23.1 Å². The molecule has 4 nitrogen and oxygen atoms in total. The van der Waals surface area contributed by atoms with E-state index < -0.39 is 17.8 Å². The van der Waals surface area contributed by atoms with E-state index in [0.29, 0.717) is 6.92 Å². The van der Waals surface area contributed by atoms with Crippen molar-refractivity contribution >= 4 is 29.2 Å². The molecule has 0 heterocycles. The Hall–Kier alpha value is -1.69. The zero-order valence-corrected chi connectivity index (χ0v) is 13.6. The van der Waals surface area contributed by atoms with Crippen LogP contribution in [-0.4, -0.2) is 24.4 Å². The standard InChI is InChI=1S/C15H18ClF2NO3/c1-14(2,3)8-22-13(21)19-11-6-5-9(16)7-10(11)12(20)15(4,17)18/h5-7H,8H2,1-4H3,(H,19,21). The van der Waals surface area contributed by atoms with Gasteiger partial charge in [0.05, 0.1) is 12.3 Å². The zero-order chi connectivity index (χ0) is 17.1. The van der Waals surface area contributed by atoms with E-state index in [-0.39, 0.29) is 28.3 Å². The first kappa shape index (κ1) is 18.4. The summed E-state index contributed by atoms with van der Waals surface area (Å²) in [5, 5.41) is 2.40. The molecule has 22 heavy (non-hydrogen) atoms. The topological polar surface area (TPSA) is 55.4 Å². The summed E-state index contributed by atoms with van der Waals surface area (Å²) in [4.78, 5) is 23.4. The first-order chi connectivity index (χ1) is 9.90. The van der Waals surface area contributed by atoms with Crippen LogP contribution in [0.1, 0.15) is 38.1 Å². The van der Waals surface area contributed by atoms with Gasteiger partial charge in [-0.05, 0) is 23.6 Å². The van der Waals surface area contributed by atoms with Gasteiger partial charge in [0.15, 0.2) is 0 Å². The quantitative estimate of drug-likeness (QED) is 0.807. The second-order valence-corrected chi connectivity index (χ2v) is 6.61. The molecule has 0 aliphatic heterocycles. The predicted octanol–water partition coefficient (Wildman–Crippen LogP) is 4.77. The fourth-order valence-corrected chi connectivity index (χ4v) is 1.65. The second-order valence-electron chi connectivity index (χ2n) is 6.17. The van der Waals surface area contributed by atoms with E-state index in [1.165, 1.54) is 12.1 Å². The Kier molecular flexibility index (Phi) is 5.51. The van der Waals surface area contributed by atoms with E-state index >= 15 is 0 Å². The van der Waals surface area contributed by atoms with Gasteiger partial charge in [-0.25, -0.2) is 4.79 Å². The Balaban J connectivity index is 2.96. The highest BCUT2D eigenvalue weighted by Crippen LogP contribution is 2.27. The molecular weight excluding hydrogens is 316 g/mol. The third kappa shape index (κ3) is 5.60. The third-order valence-electron chi connectivity index (χ3n) is 2.50. The van der Waals surface area contributed by atoms with Gasteiger partial charge in [-0.1, -0.05) is 32.4 Å². The fraction of sp³-hybridized carbons (Fsp3) is 0.467. The van der Waals surface area contributed by atoms with Gasteiger partial charge in [0.25, 0.3) is 0 Å². The number of hydrogen-bond acceptors (Lipinski definition) is 3. The molecule has 0 unspecified atom stereocenters. The van der Waals surface area contributed by atoms with Gasteiger partial charge in [-0.15, -0.1) is 0 Å². The van der Waals surface area contributed by atoms with Crippen LogP contribution in [0.5, 0.6) is 0 Å². The maximum absolute atomic E-state index is 13.2. The molecule has 122 valence electrons. The molecule has 1 N–H and O–H groups in total. The Morgan fingerprint density at radius 3 is 2.32 bits per heavy atom. The molecule has 0 aliphatic rings. The summed E-state index contributed by atoms with van der Waals surface area (Å²) in [5.41, 5.74) is -0.686. The Labute approximate surface area is 132 Å². The van der Waals surface area contributed by atoms with Gasteiger partial charge in [0.1, 0.15) is 0 Å². The number of Topliss-reactive ketones (excluding diaryl/α,β-unsaturated/α-hetero) is 1. The lowest BCUT2D eigenvalue weighted by Crippen LogP contribution is -2.27. The number of amides is 1. The number of alkyl halides is 2. The van der Waals surface area contributed by atoms with E-state index in [0.717, 1.165) is 6.07 Å². The minimum atomic E-state index is -3.57. The average molecular weight is 334 g/mol. The predicted molar refractivity (Wildman–Crippen MR) is 80.8 cm³/mol. The number of carbonyl (C=O) groups excluding carboxylic acids is 2. The molecule has 1 aromatic carbocycles. The number of ether oxygens (including phenoxy) is 1. The number of benzene rings is 1. The minimum absolute atomic E-state index is 0.0742. The van der Waals surface area contributed by atoms with E-state index in [1.807, 2.05) is 20.8 Å². The first-order valence-electron chi connectivity index (χ1n) is 6.56. The number of halogens is 3. The largest absolute Gasteiger partial charge is 0.449 e. The molecule has 0 spiro atoms. The maximum atomic E-state index is 13.2. The number of hydrogen-bond donors (Lipinski definition) is 1. The summed E-state index contributed by atoms with van der Waals surface area (Å²) in [6.45, 7) is 6.23. The maximum Gasteiger partial charge on any atom is 0.411 e. The van der Waals surface area contributed by atoms with Crippen LogP contribution in [0.2, 0.25) is 5.02 Å². The first-order valence-corrected chi connectivity index (χ1v) is 6.94. The number of nitrogens with one attached hydrogen (secondary N) is 1. The zero-order valence-electron chi connectivity index (χ0n) is 12.8. The van der Waals surface area contributed by atoms with Crippen LogP contribution in [0.4, 0.5) is 19.3 Å². The third-order valence-corrected chi connectivity index (χ3v) is 2.73. The molecule has 0 radical (unpaired) electrons. The summed E-state index contributed by atoms with van der Waals surface area (Å²) in [7, 11) is 0. The van der Waals surface area contributed by atoms with Crippen LogP contribution < -0.4 is 5.32 Å². The minimum Gasteiger partial charge on any atom is -0.449 e. The van der Waals surface area contributed by atoms with Crippen molar-refractivity contribution in [3.05, 3.63) is 28.8 Å². The van der Waals surface area contributed by atoms with Crippen molar-refractivity contribution in [1.29, 1.82) is 0 Å². The lowest BCUT2D eigenvalue weighted by Gasteiger charge is -2.19. The highest BCUT2D eigenvalue weighted by atomic mass is 35.5. The summed E-state index contributed by atoms with van der Waals surface area (Å²) in [6, 6.07) is 3.74. The average Bonchev–Trinajstić information content (AvgIpc) is 2.36. The Morgan fingerprint density at radius 1 is 1.23 bits per heavy atom. The normalized spacial score (nSPS) is 12.0. The van der Waals surface area contributed by atoms with Gasteiger partial charge in [0, 0.05) is 17.5 Å². The van der Waals surface area contributed by atoms with Crippen molar-refractivity contribution in [1.82, 2.24) is 0 Å². The SMILES string of the molecule is CC(C)(C)COC(=O)Nc1ccc(Cl)cc1C(=O)C(C)(F)F. The molecule has 0 bridgehead atoms. The summed E-state index contributed by atoms with van der Waals surface area (Å²) < 4.78 is 31.4. The Morgan fingerprint density at radius 2 is 1.82 bits per heavy atom. The van der Waals surface area contributed by atoms with Crippen molar-refractivity contribution in [2.45, 2.75) is 33.6 Å². The molecule has 0 aliphatic carbocycles. The van der Waals surface area contributed by atoms with Crippen LogP contribution in [0, 0.1) is 5.41 Å². The van der Waals surface area contributed by atoms with Gasteiger partial charge in [0.2, 0.25) is 5.78 Å². The highest BCUT2D eigenvalue weighted by molar-refractivity contribution is 6.31. The summed E-state index contributed by atoms with van der Waals surface area (Å²) in [6.07, 6.45) is -0.828. The second kappa shape index (κ2) is 6.60. The van der Waals surface area contributed by atoms with Crippen molar-refractivity contribution in [3.63, 3.8) is 0 Å². The molecule has 0 aromatic heterocycles. The van der Waals surface area contributed by atoms with Crippen LogP contribution in [0.25, 0.3) is 0 Å². The molecule has 0 saturated carbocycles. The molecule has 0 saturated heterocycles. The molecule has 0 atom stereocenters. The summed E-state index contributed by atoms with van der Waals surface area (Å²) in [5.74, 6) is -5.00. The number of ketones is 1. The van der Waals surface area contributed by atoms with Crippen molar-refractivity contribution in [2.75, 3.05) is 11.9 Å². The highest BCUT2D eigenvalue weighted by Gasteiger charge is 2.35. The van der Waals surface area contributed by atoms with Crippen LogP contribution in [0.15, 0.2) is 18.2 Å².